The van der Waals surface area contributed by atoms with Gasteiger partial charge in [-0.2, -0.15) is 0 Å². The molecule has 1 aromatic carbocycles. The van der Waals surface area contributed by atoms with E-state index in [1.54, 1.807) is 0 Å². The Balaban J connectivity index is 1.65. The maximum absolute atomic E-state index is 13.2. The Morgan fingerprint density at radius 2 is 2.23 bits per heavy atom. The van der Waals surface area contributed by atoms with Crippen molar-refractivity contribution in [2.45, 2.75) is 49.4 Å². The fourth-order valence-corrected chi connectivity index (χ4v) is 7.49. The van der Waals surface area contributed by atoms with Crippen LogP contribution in [0.3, 0.4) is 0 Å². The first-order chi connectivity index (χ1) is 12.6. The summed E-state index contributed by atoms with van der Waals surface area (Å²) in [6.07, 6.45) is 3.15. The van der Waals surface area contributed by atoms with E-state index in [-0.39, 0.29) is 24.0 Å². The number of aliphatic hydroxyl groups excluding tert-OH is 1. The number of esters is 1. The van der Waals surface area contributed by atoms with E-state index in [0.29, 0.717) is 6.04 Å². The molecule has 0 radical (unpaired) electrons. The highest BCUT2D eigenvalue weighted by Crippen LogP contribution is 2.71. The van der Waals surface area contributed by atoms with Gasteiger partial charge in [-0.05, 0) is 31.4 Å². The van der Waals surface area contributed by atoms with Gasteiger partial charge in [-0.15, -0.1) is 0 Å². The van der Waals surface area contributed by atoms with Crippen LogP contribution in [0.15, 0.2) is 35.9 Å². The number of allylic oxidation sites excluding steroid dienone is 1. The maximum Gasteiger partial charge on any atom is 0.316 e. The highest BCUT2D eigenvalue weighted by molar-refractivity contribution is 5.84. The third kappa shape index (κ3) is 1.28. The number of nitrogens with one attached hydrogen (secondary N) is 1. The largest absolute Gasteiger partial charge is 0.468 e. The number of nitrogens with zero attached hydrogens (tertiary/aromatic N) is 1. The van der Waals surface area contributed by atoms with Crippen LogP contribution in [0.5, 0.6) is 0 Å². The van der Waals surface area contributed by atoms with Gasteiger partial charge < -0.3 is 15.2 Å². The first-order valence-electron chi connectivity index (χ1n) is 9.64. The van der Waals surface area contributed by atoms with E-state index in [9.17, 15) is 9.90 Å². The number of anilines is 1. The van der Waals surface area contributed by atoms with Crippen molar-refractivity contribution < 1.29 is 14.6 Å². The monoisotopic (exact) mass is 352 g/mol. The zero-order chi connectivity index (χ0) is 17.8. The number of piperidine rings is 4. The molecule has 26 heavy (non-hydrogen) atoms. The van der Waals surface area contributed by atoms with Crippen LogP contribution in [-0.2, 0) is 14.9 Å². The molecule has 136 valence electrons. The third-order valence-corrected chi connectivity index (χ3v) is 8.30. The predicted molar refractivity (Wildman–Crippen MR) is 96.7 cm³/mol. The fourth-order valence-electron chi connectivity index (χ4n) is 7.49. The Morgan fingerprint density at radius 3 is 3.00 bits per heavy atom. The molecule has 5 heteroatoms. The average molecular weight is 352 g/mol. The second kappa shape index (κ2) is 4.52. The zero-order valence-electron chi connectivity index (χ0n) is 15.1. The SMILES string of the molecule is CC=C1CN2[C@H]3C[C@@]45c6ccccc6N[C@@H]4[C@@H]2C[C@@H]1C3(C(=O)OC)[C@H]5O. The summed E-state index contributed by atoms with van der Waals surface area (Å²) in [5.74, 6) is -0.154. The van der Waals surface area contributed by atoms with E-state index in [4.69, 9.17) is 4.74 Å². The molecule has 0 aromatic heterocycles. The normalized spacial score (nSPS) is 50.5. The molecule has 5 fully saturated rings. The van der Waals surface area contributed by atoms with Gasteiger partial charge in [0.1, 0.15) is 5.41 Å². The maximum atomic E-state index is 13.2. The topological polar surface area (TPSA) is 61.8 Å². The molecule has 5 heterocycles. The van der Waals surface area contributed by atoms with Gasteiger partial charge in [-0.3, -0.25) is 9.69 Å². The molecule has 8 atom stereocenters. The second-order valence-electron chi connectivity index (χ2n) is 8.65. The Labute approximate surface area is 153 Å². The lowest BCUT2D eigenvalue weighted by Crippen LogP contribution is -2.71. The number of hydrogen-bond donors (Lipinski definition) is 2. The van der Waals surface area contributed by atoms with Crippen LogP contribution >= 0.6 is 0 Å². The van der Waals surface area contributed by atoms with Crippen molar-refractivity contribution in [3.05, 3.63) is 41.5 Å². The van der Waals surface area contributed by atoms with E-state index >= 15 is 0 Å². The average Bonchev–Trinajstić information content (AvgIpc) is 3.13. The van der Waals surface area contributed by atoms with Crippen molar-refractivity contribution in [1.82, 2.24) is 4.90 Å². The number of methoxy groups -OCH3 is 1. The van der Waals surface area contributed by atoms with Crippen LogP contribution < -0.4 is 5.32 Å². The second-order valence-corrected chi connectivity index (χ2v) is 8.65. The molecular formula is C21H24N2O3. The summed E-state index contributed by atoms with van der Waals surface area (Å²) in [6, 6.07) is 8.89. The van der Waals surface area contributed by atoms with Gasteiger partial charge in [0.15, 0.2) is 0 Å². The van der Waals surface area contributed by atoms with Crippen molar-refractivity contribution in [3.63, 3.8) is 0 Å². The number of rotatable bonds is 1. The number of fused-ring (bicyclic) bond motifs is 2. The Kier molecular flexibility index (Phi) is 2.65. The van der Waals surface area contributed by atoms with Gasteiger partial charge >= 0.3 is 5.97 Å². The molecule has 1 saturated carbocycles. The van der Waals surface area contributed by atoms with Crippen LogP contribution in [0.2, 0.25) is 0 Å². The number of carbonyl (C=O) groups is 1. The van der Waals surface area contributed by atoms with Crippen molar-refractivity contribution in [3.8, 4) is 0 Å². The van der Waals surface area contributed by atoms with E-state index in [1.807, 2.05) is 12.1 Å². The lowest BCUT2D eigenvalue weighted by Gasteiger charge is -2.60. The smallest absolute Gasteiger partial charge is 0.316 e. The molecule has 0 amide bonds. The molecule has 5 bridgehead atoms. The highest BCUT2D eigenvalue weighted by atomic mass is 16.5. The van der Waals surface area contributed by atoms with Gasteiger partial charge in [-0.1, -0.05) is 29.8 Å². The molecule has 5 nitrogen and oxygen atoms in total. The minimum atomic E-state index is -0.848. The van der Waals surface area contributed by atoms with Crippen LogP contribution in [0.25, 0.3) is 0 Å². The molecule has 7 rings (SSSR count). The van der Waals surface area contributed by atoms with Crippen LogP contribution in [0.4, 0.5) is 5.69 Å². The van der Waals surface area contributed by atoms with Crippen molar-refractivity contribution in [2.24, 2.45) is 11.3 Å². The van der Waals surface area contributed by atoms with Gasteiger partial charge in [0.2, 0.25) is 0 Å². The lowest BCUT2D eigenvalue weighted by molar-refractivity contribution is -0.179. The van der Waals surface area contributed by atoms with Crippen molar-refractivity contribution in [1.29, 1.82) is 0 Å². The summed E-state index contributed by atoms with van der Waals surface area (Å²) in [4.78, 5) is 15.7. The van der Waals surface area contributed by atoms with E-state index < -0.39 is 16.9 Å². The van der Waals surface area contributed by atoms with Gasteiger partial charge in [-0.25, -0.2) is 0 Å². The number of aliphatic hydroxyl groups is 1. The number of benzene rings is 1. The summed E-state index contributed by atoms with van der Waals surface area (Å²) < 4.78 is 5.34. The molecular weight excluding hydrogens is 328 g/mol. The number of carbonyl (C=O) groups excluding carboxylic acids is 1. The highest BCUT2D eigenvalue weighted by Gasteiger charge is 2.82. The summed E-state index contributed by atoms with van der Waals surface area (Å²) in [5.41, 5.74) is 2.34. The minimum absolute atomic E-state index is 0.0570. The number of ether oxygens (including phenoxy) is 1. The molecule has 1 aliphatic carbocycles. The van der Waals surface area contributed by atoms with E-state index in [0.717, 1.165) is 25.1 Å². The zero-order valence-corrected chi connectivity index (χ0v) is 15.1. The quantitative estimate of drug-likeness (QED) is 0.595. The minimum Gasteiger partial charge on any atom is -0.468 e. The summed E-state index contributed by atoms with van der Waals surface area (Å²) >= 11 is 0. The summed E-state index contributed by atoms with van der Waals surface area (Å²) in [7, 11) is 1.46. The fraction of sp³-hybridized carbons (Fsp3) is 0.571. The van der Waals surface area contributed by atoms with Gasteiger partial charge in [0.05, 0.1) is 19.3 Å². The Morgan fingerprint density at radius 1 is 1.42 bits per heavy atom. The molecule has 5 aliphatic heterocycles. The third-order valence-electron chi connectivity index (χ3n) is 8.30. The van der Waals surface area contributed by atoms with Crippen molar-refractivity contribution >= 4 is 11.7 Å². The van der Waals surface area contributed by atoms with Gasteiger partial charge in [0, 0.05) is 35.6 Å². The van der Waals surface area contributed by atoms with E-state index in [1.165, 1.54) is 18.2 Å². The number of para-hydroxylation sites is 1. The Hall–Kier alpha value is -1.85. The van der Waals surface area contributed by atoms with Crippen LogP contribution in [0, 0.1) is 11.3 Å². The van der Waals surface area contributed by atoms with E-state index in [2.05, 4.69) is 35.3 Å². The Bertz CT molecular complexity index is 867. The lowest BCUT2D eigenvalue weighted by atomic mass is 9.58. The first kappa shape index (κ1) is 15.2. The molecule has 4 saturated heterocycles. The summed E-state index contributed by atoms with van der Waals surface area (Å²) in [6.45, 7) is 2.96. The number of hydrogen-bond acceptors (Lipinski definition) is 5. The molecule has 6 aliphatic rings. The predicted octanol–water partition coefficient (Wildman–Crippen LogP) is 1.68. The molecule has 1 aromatic rings. The van der Waals surface area contributed by atoms with Crippen LogP contribution in [0.1, 0.15) is 25.3 Å². The molecule has 2 unspecified atom stereocenters. The van der Waals surface area contributed by atoms with Crippen LogP contribution in [-0.4, -0.2) is 53.9 Å². The van der Waals surface area contributed by atoms with Crippen molar-refractivity contribution in [2.75, 3.05) is 19.0 Å². The standard InChI is InChI=1S/C21H24N2O3/c1-3-11-10-23-15-8-13(11)21(19(25)26-2)16(23)9-20(18(21)24)12-6-4-5-7-14(12)22-17(15)20/h3-7,13,15-18,22,24H,8-10H2,1-2H3/t13-,15-,16-,17+,18-,20+,21?/m0/s1. The summed E-state index contributed by atoms with van der Waals surface area (Å²) in [5, 5.41) is 15.6. The molecule has 2 N–H and O–H groups in total. The molecule has 1 spiro atoms. The van der Waals surface area contributed by atoms with Gasteiger partial charge in [0.25, 0.3) is 0 Å². The first-order valence-corrected chi connectivity index (χ1v) is 9.64.